The van der Waals surface area contributed by atoms with E-state index in [0.29, 0.717) is 24.0 Å². The second kappa shape index (κ2) is 10.2. The number of nitrogens with one attached hydrogen (secondary N) is 2. The molecule has 0 unspecified atom stereocenters. The van der Waals surface area contributed by atoms with Gasteiger partial charge in [-0.2, -0.15) is 0 Å². The molecule has 4 N–H and O–H groups in total. The Morgan fingerprint density at radius 1 is 1.25 bits per heavy atom. The highest BCUT2D eigenvalue weighted by molar-refractivity contribution is 14.0. The molecule has 0 heterocycles. The molecule has 1 aliphatic carbocycles. The quantitative estimate of drug-likeness (QED) is 0.316. The number of nitrogens with zero attached hydrogens (tertiary/aromatic N) is 1. The van der Waals surface area contributed by atoms with E-state index in [2.05, 4.69) is 15.6 Å². The summed E-state index contributed by atoms with van der Waals surface area (Å²) in [6.07, 6.45) is 2.42. The minimum atomic E-state index is -0.0684. The molecule has 0 radical (unpaired) electrons. The molecular weight excluding hydrogens is 423 g/mol. The Kier molecular flexibility index (Phi) is 8.66. The Morgan fingerprint density at radius 2 is 1.96 bits per heavy atom. The van der Waals surface area contributed by atoms with Gasteiger partial charge in [0.15, 0.2) is 17.5 Å². The van der Waals surface area contributed by atoms with Gasteiger partial charge >= 0.3 is 0 Å². The molecule has 0 bridgehead atoms. The van der Waals surface area contributed by atoms with Crippen LogP contribution in [0.15, 0.2) is 23.2 Å². The summed E-state index contributed by atoms with van der Waals surface area (Å²) in [6.45, 7) is 1.28. The average Bonchev–Trinajstić information content (AvgIpc) is 3.40. The lowest BCUT2D eigenvalue weighted by Crippen LogP contribution is -2.41. The molecule has 0 aromatic heterocycles. The first-order valence-electron chi connectivity index (χ1n) is 7.63. The van der Waals surface area contributed by atoms with Gasteiger partial charge in [0.1, 0.15) is 0 Å². The molecule has 134 valence electrons. The maximum Gasteiger partial charge on any atom is 0.239 e. The second-order valence-electron chi connectivity index (χ2n) is 5.49. The molecule has 0 atom stereocenters. The van der Waals surface area contributed by atoms with E-state index >= 15 is 0 Å². The fourth-order valence-corrected chi connectivity index (χ4v) is 2.02. The monoisotopic (exact) mass is 448 g/mol. The van der Waals surface area contributed by atoms with Crippen molar-refractivity contribution in [3.05, 3.63) is 23.8 Å². The lowest BCUT2D eigenvalue weighted by Gasteiger charge is -2.09. The Bertz CT molecular complexity index is 576. The third-order valence-corrected chi connectivity index (χ3v) is 3.59. The van der Waals surface area contributed by atoms with Crippen molar-refractivity contribution >= 4 is 35.8 Å². The number of hydrogen-bond acceptors (Lipinski definition) is 4. The van der Waals surface area contributed by atoms with Gasteiger partial charge in [0.05, 0.1) is 27.3 Å². The summed E-state index contributed by atoms with van der Waals surface area (Å²) >= 11 is 0. The van der Waals surface area contributed by atoms with Crippen LogP contribution in [-0.4, -0.2) is 39.2 Å². The molecule has 1 aromatic rings. The molecule has 0 spiro atoms. The van der Waals surface area contributed by atoms with Crippen molar-refractivity contribution in [3.8, 4) is 11.5 Å². The van der Waals surface area contributed by atoms with E-state index in [9.17, 15) is 4.79 Å². The Balaban J connectivity index is 0.00000288. The molecule has 0 aliphatic heterocycles. The minimum Gasteiger partial charge on any atom is -0.493 e. The van der Waals surface area contributed by atoms with Crippen molar-refractivity contribution in [3.63, 3.8) is 0 Å². The number of methoxy groups -OCH3 is 2. The zero-order valence-electron chi connectivity index (χ0n) is 14.0. The summed E-state index contributed by atoms with van der Waals surface area (Å²) < 4.78 is 10.4. The van der Waals surface area contributed by atoms with Crippen molar-refractivity contribution < 1.29 is 14.3 Å². The number of benzene rings is 1. The zero-order chi connectivity index (χ0) is 16.7. The smallest absolute Gasteiger partial charge is 0.239 e. The van der Waals surface area contributed by atoms with Gasteiger partial charge in [-0.3, -0.25) is 4.79 Å². The van der Waals surface area contributed by atoms with Crippen molar-refractivity contribution in [1.82, 2.24) is 10.6 Å². The first kappa shape index (κ1) is 20.3. The lowest BCUT2D eigenvalue weighted by atomic mass is 10.2. The van der Waals surface area contributed by atoms with Crippen LogP contribution in [0.2, 0.25) is 0 Å². The van der Waals surface area contributed by atoms with E-state index in [1.165, 1.54) is 12.8 Å². The molecule has 1 amide bonds. The van der Waals surface area contributed by atoms with Crippen LogP contribution in [0.3, 0.4) is 0 Å². The summed E-state index contributed by atoms with van der Waals surface area (Å²) in [4.78, 5) is 15.8. The highest BCUT2D eigenvalue weighted by atomic mass is 127. The highest BCUT2D eigenvalue weighted by Crippen LogP contribution is 2.28. The lowest BCUT2D eigenvalue weighted by molar-refractivity contribution is -0.120. The van der Waals surface area contributed by atoms with Crippen LogP contribution in [-0.2, 0) is 11.3 Å². The maximum absolute atomic E-state index is 11.6. The van der Waals surface area contributed by atoms with Crippen molar-refractivity contribution in [1.29, 1.82) is 0 Å². The predicted octanol–water partition coefficient (Wildman–Crippen LogP) is 1.25. The van der Waals surface area contributed by atoms with E-state index in [-0.39, 0.29) is 42.4 Å². The van der Waals surface area contributed by atoms with E-state index in [0.717, 1.165) is 12.1 Å². The summed E-state index contributed by atoms with van der Waals surface area (Å²) in [5.41, 5.74) is 6.70. The molecule has 1 aliphatic rings. The average molecular weight is 448 g/mol. The topological polar surface area (TPSA) is 98.0 Å². The van der Waals surface area contributed by atoms with Crippen molar-refractivity contribution in [2.75, 3.05) is 27.3 Å². The zero-order valence-corrected chi connectivity index (χ0v) is 16.3. The number of hydrogen-bond donors (Lipinski definition) is 3. The summed E-state index contributed by atoms with van der Waals surface area (Å²) in [7, 11) is 3.17. The van der Waals surface area contributed by atoms with Crippen LogP contribution in [0.1, 0.15) is 18.4 Å². The SMILES string of the molecule is COc1ccc(CN=C(N)NCC(=O)NCC2CC2)cc1OC.I. The molecule has 1 aromatic carbocycles. The van der Waals surface area contributed by atoms with Crippen LogP contribution in [0, 0.1) is 5.92 Å². The fourth-order valence-electron chi connectivity index (χ4n) is 2.02. The van der Waals surface area contributed by atoms with Gasteiger partial charge in [0, 0.05) is 6.54 Å². The normalized spacial score (nSPS) is 13.7. The first-order valence-corrected chi connectivity index (χ1v) is 7.63. The Labute approximate surface area is 159 Å². The van der Waals surface area contributed by atoms with Crippen molar-refractivity contribution in [2.45, 2.75) is 19.4 Å². The predicted molar refractivity (Wildman–Crippen MR) is 104 cm³/mol. The molecule has 8 heteroatoms. The molecule has 7 nitrogen and oxygen atoms in total. The van der Waals surface area contributed by atoms with Crippen LogP contribution in [0.5, 0.6) is 11.5 Å². The Hall–Kier alpha value is -1.71. The summed E-state index contributed by atoms with van der Waals surface area (Å²) in [5.74, 6) is 2.14. The van der Waals surface area contributed by atoms with Gasteiger partial charge in [0.25, 0.3) is 0 Å². The number of aliphatic imine (C=N–C) groups is 1. The van der Waals surface area contributed by atoms with Crippen molar-refractivity contribution in [2.24, 2.45) is 16.6 Å². The number of nitrogens with two attached hydrogens (primary N) is 1. The van der Waals surface area contributed by atoms with Crippen LogP contribution in [0.25, 0.3) is 0 Å². The summed E-state index contributed by atoms with van der Waals surface area (Å²) in [5, 5.41) is 5.67. The number of amides is 1. The van der Waals surface area contributed by atoms with Gasteiger partial charge in [-0.25, -0.2) is 4.99 Å². The fraction of sp³-hybridized carbons (Fsp3) is 0.500. The van der Waals surface area contributed by atoms with Gasteiger partial charge in [-0.1, -0.05) is 6.07 Å². The molecule has 2 rings (SSSR count). The van der Waals surface area contributed by atoms with Gasteiger partial charge < -0.3 is 25.8 Å². The molecule has 24 heavy (non-hydrogen) atoms. The number of halogens is 1. The van der Waals surface area contributed by atoms with Gasteiger partial charge in [0.2, 0.25) is 5.91 Å². The molecule has 0 saturated heterocycles. The number of guanidine groups is 1. The van der Waals surface area contributed by atoms with Crippen LogP contribution < -0.4 is 25.8 Å². The van der Waals surface area contributed by atoms with Crippen LogP contribution >= 0.6 is 24.0 Å². The first-order chi connectivity index (χ1) is 11.1. The number of carbonyl (C=O) groups excluding carboxylic acids is 1. The molecular formula is C16H25IN4O3. The van der Waals surface area contributed by atoms with Crippen LogP contribution in [0.4, 0.5) is 0 Å². The van der Waals surface area contributed by atoms with Gasteiger partial charge in [-0.05, 0) is 36.5 Å². The third kappa shape index (κ3) is 6.81. The van der Waals surface area contributed by atoms with E-state index < -0.39 is 0 Å². The largest absolute Gasteiger partial charge is 0.493 e. The molecule has 1 saturated carbocycles. The maximum atomic E-state index is 11.6. The summed E-state index contributed by atoms with van der Waals surface area (Å²) in [6, 6.07) is 5.55. The minimum absolute atomic E-state index is 0. The third-order valence-electron chi connectivity index (χ3n) is 3.59. The Morgan fingerprint density at radius 3 is 2.58 bits per heavy atom. The van der Waals surface area contributed by atoms with Gasteiger partial charge in [-0.15, -0.1) is 24.0 Å². The number of rotatable bonds is 8. The number of carbonyl (C=O) groups is 1. The van der Waals surface area contributed by atoms with E-state index in [4.69, 9.17) is 15.2 Å². The number of ether oxygens (including phenoxy) is 2. The van der Waals surface area contributed by atoms with E-state index in [1.54, 1.807) is 14.2 Å². The molecule has 1 fully saturated rings. The highest BCUT2D eigenvalue weighted by Gasteiger charge is 2.21. The second-order valence-corrected chi connectivity index (χ2v) is 5.49. The van der Waals surface area contributed by atoms with E-state index in [1.807, 2.05) is 18.2 Å². The standard InChI is InChI=1S/C16H24N4O3.HI/c1-22-13-6-5-12(7-14(13)23-2)9-19-16(17)20-10-15(21)18-8-11-3-4-11;/h5-7,11H,3-4,8-10H2,1-2H3,(H,18,21)(H3,17,19,20);1H.